The van der Waals surface area contributed by atoms with Crippen molar-refractivity contribution in [2.75, 3.05) is 0 Å². The van der Waals surface area contributed by atoms with Crippen molar-refractivity contribution in [3.63, 3.8) is 0 Å². The SMILES string of the molecule is C1=CC2C=Cc3cc(-c4c5ccccc5c(-c5cccc6ccccc56)c5ccccc45)c4ccccc4c3C2C=C1. The van der Waals surface area contributed by atoms with Gasteiger partial charge in [0.15, 0.2) is 0 Å². The molecular formula is C42H28. The van der Waals surface area contributed by atoms with Crippen LogP contribution in [0.1, 0.15) is 17.0 Å². The van der Waals surface area contributed by atoms with Gasteiger partial charge in [0.1, 0.15) is 0 Å². The highest BCUT2D eigenvalue weighted by Crippen LogP contribution is 2.49. The van der Waals surface area contributed by atoms with E-state index in [2.05, 4.69) is 158 Å². The summed E-state index contributed by atoms with van der Waals surface area (Å²) in [7, 11) is 0. The van der Waals surface area contributed by atoms with Crippen LogP contribution in [0.15, 0.2) is 152 Å². The topological polar surface area (TPSA) is 0 Å². The maximum Gasteiger partial charge on any atom is 0.0131 e. The Labute approximate surface area is 245 Å². The van der Waals surface area contributed by atoms with Gasteiger partial charge < -0.3 is 0 Å². The first-order valence-electron chi connectivity index (χ1n) is 14.9. The van der Waals surface area contributed by atoms with Crippen molar-refractivity contribution in [3.8, 4) is 22.3 Å². The average molecular weight is 533 g/mol. The number of rotatable bonds is 2. The highest BCUT2D eigenvalue weighted by Gasteiger charge is 2.28. The van der Waals surface area contributed by atoms with Gasteiger partial charge in [0.05, 0.1) is 0 Å². The van der Waals surface area contributed by atoms with Crippen molar-refractivity contribution < 1.29 is 0 Å². The second-order valence-electron chi connectivity index (χ2n) is 11.6. The summed E-state index contributed by atoms with van der Waals surface area (Å²) in [6.45, 7) is 0. The molecule has 0 aliphatic heterocycles. The molecule has 0 heterocycles. The highest BCUT2D eigenvalue weighted by atomic mass is 14.3. The summed E-state index contributed by atoms with van der Waals surface area (Å²) >= 11 is 0. The highest BCUT2D eigenvalue weighted by molar-refractivity contribution is 6.25. The molecule has 9 rings (SSSR count). The van der Waals surface area contributed by atoms with Crippen molar-refractivity contribution >= 4 is 49.2 Å². The Morgan fingerprint density at radius 1 is 0.405 bits per heavy atom. The molecule has 7 aromatic carbocycles. The Morgan fingerprint density at radius 2 is 0.952 bits per heavy atom. The van der Waals surface area contributed by atoms with Crippen LogP contribution in [0.3, 0.4) is 0 Å². The van der Waals surface area contributed by atoms with E-state index in [1.807, 2.05) is 0 Å². The Morgan fingerprint density at radius 3 is 1.67 bits per heavy atom. The third-order valence-electron chi connectivity index (χ3n) is 9.39. The van der Waals surface area contributed by atoms with Gasteiger partial charge in [0.2, 0.25) is 0 Å². The van der Waals surface area contributed by atoms with Crippen molar-refractivity contribution in [2.45, 2.75) is 5.92 Å². The minimum Gasteiger partial charge on any atom is -0.0767 e. The van der Waals surface area contributed by atoms with Crippen LogP contribution in [-0.2, 0) is 0 Å². The molecule has 0 nitrogen and oxygen atoms in total. The van der Waals surface area contributed by atoms with E-state index in [1.165, 1.54) is 76.5 Å². The molecule has 0 fully saturated rings. The van der Waals surface area contributed by atoms with Crippen LogP contribution < -0.4 is 0 Å². The van der Waals surface area contributed by atoms with Crippen LogP contribution >= 0.6 is 0 Å². The molecule has 2 aliphatic carbocycles. The second-order valence-corrected chi connectivity index (χ2v) is 11.6. The van der Waals surface area contributed by atoms with E-state index in [9.17, 15) is 0 Å². The van der Waals surface area contributed by atoms with Crippen LogP contribution in [0.25, 0.3) is 71.4 Å². The lowest BCUT2D eigenvalue weighted by Gasteiger charge is -2.30. The zero-order valence-corrected chi connectivity index (χ0v) is 23.2. The summed E-state index contributed by atoms with van der Waals surface area (Å²) in [5.74, 6) is 0.787. The monoisotopic (exact) mass is 532 g/mol. The molecule has 0 radical (unpaired) electrons. The van der Waals surface area contributed by atoms with Crippen molar-refractivity contribution in [1.82, 2.24) is 0 Å². The largest absolute Gasteiger partial charge is 0.0767 e. The summed E-state index contributed by atoms with van der Waals surface area (Å²) in [4.78, 5) is 0. The number of hydrogen-bond acceptors (Lipinski definition) is 0. The number of allylic oxidation sites excluding steroid dienone is 5. The van der Waals surface area contributed by atoms with Gasteiger partial charge in [0.25, 0.3) is 0 Å². The van der Waals surface area contributed by atoms with Gasteiger partial charge in [-0.2, -0.15) is 0 Å². The van der Waals surface area contributed by atoms with E-state index in [4.69, 9.17) is 0 Å². The molecule has 0 aromatic heterocycles. The second kappa shape index (κ2) is 9.16. The molecule has 2 atom stereocenters. The van der Waals surface area contributed by atoms with Crippen LogP contribution in [0.4, 0.5) is 0 Å². The van der Waals surface area contributed by atoms with Gasteiger partial charge in [0, 0.05) is 11.8 Å². The zero-order chi connectivity index (χ0) is 27.6. The lowest BCUT2D eigenvalue weighted by atomic mass is 9.74. The molecule has 0 heteroatoms. The van der Waals surface area contributed by atoms with Crippen molar-refractivity contribution in [3.05, 3.63) is 163 Å². The van der Waals surface area contributed by atoms with E-state index < -0.39 is 0 Å². The van der Waals surface area contributed by atoms with Crippen molar-refractivity contribution in [2.24, 2.45) is 5.92 Å². The molecular weight excluding hydrogens is 504 g/mol. The van der Waals surface area contributed by atoms with Crippen LogP contribution in [0.5, 0.6) is 0 Å². The van der Waals surface area contributed by atoms with Crippen LogP contribution in [0.2, 0.25) is 0 Å². The van der Waals surface area contributed by atoms with Crippen LogP contribution in [-0.4, -0.2) is 0 Å². The Bertz CT molecular complexity index is 2250. The molecule has 0 saturated heterocycles. The first-order chi connectivity index (χ1) is 20.9. The third-order valence-corrected chi connectivity index (χ3v) is 9.39. The van der Waals surface area contributed by atoms with Gasteiger partial charge >= 0.3 is 0 Å². The maximum absolute atomic E-state index is 2.46. The number of benzene rings is 7. The van der Waals surface area contributed by atoms with E-state index in [0.717, 1.165) is 0 Å². The summed E-state index contributed by atoms with van der Waals surface area (Å²) in [5.41, 5.74) is 8.00. The molecule has 2 aliphatic rings. The smallest absolute Gasteiger partial charge is 0.0131 e. The molecule has 0 saturated carbocycles. The molecule has 0 N–H and O–H groups in total. The quantitative estimate of drug-likeness (QED) is 0.194. The number of fused-ring (bicyclic) bond motifs is 8. The van der Waals surface area contributed by atoms with E-state index in [-0.39, 0.29) is 0 Å². The predicted molar refractivity (Wildman–Crippen MR) is 181 cm³/mol. The Hall–Kier alpha value is -5.20. The third kappa shape index (κ3) is 3.36. The molecule has 196 valence electrons. The molecule has 0 spiro atoms. The fourth-order valence-electron chi connectivity index (χ4n) is 7.60. The number of hydrogen-bond donors (Lipinski definition) is 0. The average Bonchev–Trinajstić information content (AvgIpc) is 3.06. The molecule has 2 unspecified atom stereocenters. The summed E-state index contributed by atoms with van der Waals surface area (Å²) < 4.78 is 0. The molecule has 0 amide bonds. The van der Waals surface area contributed by atoms with Gasteiger partial charge in [-0.1, -0.05) is 152 Å². The summed E-state index contributed by atoms with van der Waals surface area (Å²) in [6.07, 6.45) is 13.8. The van der Waals surface area contributed by atoms with Crippen LogP contribution in [0, 0.1) is 5.92 Å². The predicted octanol–water partition coefficient (Wildman–Crippen LogP) is 11.5. The minimum absolute atomic E-state index is 0.371. The van der Waals surface area contributed by atoms with E-state index in [1.54, 1.807) is 0 Å². The Kier molecular flexibility index (Phi) is 5.12. The van der Waals surface area contributed by atoms with E-state index in [0.29, 0.717) is 11.8 Å². The molecule has 7 aromatic rings. The zero-order valence-electron chi connectivity index (χ0n) is 23.2. The fourth-order valence-corrected chi connectivity index (χ4v) is 7.60. The first-order valence-corrected chi connectivity index (χ1v) is 14.9. The Balaban J connectivity index is 1.43. The summed E-state index contributed by atoms with van der Waals surface area (Å²) in [5, 5.41) is 10.4. The molecule has 0 bridgehead atoms. The fraction of sp³-hybridized carbons (Fsp3) is 0.0476. The first kappa shape index (κ1) is 23.5. The van der Waals surface area contributed by atoms with E-state index >= 15 is 0 Å². The molecule has 42 heavy (non-hydrogen) atoms. The lowest BCUT2D eigenvalue weighted by molar-refractivity contribution is 0.697. The van der Waals surface area contributed by atoms with Gasteiger partial charge in [-0.15, -0.1) is 0 Å². The van der Waals surface area contributed by atoms with Gasteiger partial charge in [-0.05, 0) is 82.5 Å². The van der Waals surface area contributed by atoms with Gasteiger partial charge in [-0.3, -0.25) is 0 Å². The summed E-state index contributed by atoms with van der Waals surface area (Å²) in [6, 6.07) is 45.0. The normalized spacial score (nSPS) is 17.2. The minimum atomic E-state index is 0.371. The van der Waals surface area contributed by atoms with Crippen molar-refractivity contribution in [1.29, 1.82) is 0 Å². The van der Waals surface area contributed by atoms with Gasteiger partial charge in [-0.25, -0.2) is 0 Å². The lowest BCUT2D eigenvalue weighted by Crippen LogP contribution is -2.14. The maximum atomic E-state index is 2.46. The standard InChI is InChI=1S/C42H28/c1-3-15-30-27(12-1)14-11-23-33(30)41-35-19-7-9-21-37(35)42(38-22-10-8-20-36(38)41)39-26-29-25-24-28-13-2-4-16-31(28)40(29)34-18-6-5-17-32(34)39/h1-26,28,31H.